The molecule has 17 heavy (non-hydrogen) atoms. The van der Waals surface area contributed by atoms with Crippen molar-refractivity contribution in [1.29, 1.82) is 5.26 Å². The highest BCUT2D eigenvalue weighted by molar-refractivity contribution is 5.73. The first-order chi connectivity index (χ1) is 8.19. The Balaban J connectivity index is 2.01. The van der Waals surface area contributed by atoms with Gasteiger partial charge >= 0.3 is 5.97 Å². The van der Waals surface area contributed by atoms with Crippen molar-refractivity contribution in [2.75, 3.05) is 5.32 Å². The molecule has 0 spiro atoms. The van der Waals surface area contributed by atoms with Crippen LogP contribution in [-0.2, 0) is 4.79 Å². The summed E-state index contributed by atoms with van der Waals surface area (Å²) in [6.45, 7) is 0. The Bertz CT molecular complexity index is 505. The van der Waals surface area contributed by atoms with E-state index >= 15 is 0 Å². The predicted molar refractivity (Wildman–Crippen MR) is 61.2 cm³/mol. The van der Waals surface area contributed by atoms with Gasteiger partial charge in [0.25, 0.3) is 0 Å². The van der Waals surface area contributed by atoms with Crippen molar-refractivity contribution in [3.05, 3.63) is 36.0 Å². The molecule has 1 aromatic heterocycles. The molecule has 1 heterocycles. The van der Waals surface area contributed by atoms with E-state index in [0.29, 0.717) is 17.9 Å². The van der Waals surface area contributed by atoms with E-state index in [1.807, 2.05) is 12.1 Å². The van der Waals surface area contributed by atoms with Crippen LogP contribution in [0, 0.1) is 17.2 Å². The number of carboxylic acids is 1. The molecule has 2 rings (SSSR count). The minimum Gasteiger partial charge on any atom is -0.481 e. The Kier molecular flexibility index (Phi) is 3.06. The maximum Gasteiger partial charge on any atom is 0.310 e. The molecular weight excluding hydrogens is 218 g/mol. The number of pyridine rings is 1. The standard InChI is InChI=1S/C12H11N3O2/c13-7-10-2-1-3-11(15-10)14-9-5-4-8(6-9)12(16)17/h1-5,8-9H,6H2,(H,14,15)(H,16,17). The smallest absolute Gasteiger partial charge is 0.310 e. The maximum atomic E-state index is 10.8. The largest absolute Gasteiger partial charge is 0.481 e. The fraction of sp³-hybridized carbons (Fsp3) is 0.250. The van der Waals surface area contributed by atoms with Gasteiger partial charge in [-0.15, -0.1) is 0 Å². The van der Waals surface area contributed by atoms with Gasteiger partial charge in [0.05, 0.1) is 5.92 Å². The summed E-state index contributed by atoms with van der Waals surface area (Å²) in [5, 5.41) is 20.6. The third-order valence-corrected chi connectivity index (χ3v) is 2.60. The third-order valence-electron chi connectivity index (χ3n) is 2.60. The van der Waals surface area contributed by atoms with Crippen LogP contribution in [0.5, 0.6) is 0 Å². The van der Waals surface area contributed by atoms with Gasteiger partial charge in [0.15, 0.2) is 0 Å². The summed E-state index contributed by atoms with van der Waals surface area (Å²) in [4.78, 5) is 14.8. The zero-order valence-electron chi connectivity index (χ0n) is 9.00. The highest BCUT2D eigenvalue weighted by Crippen LogP contribution is 2.21. The molecule has 0 amide bonds. The van der Waals surface area contributed by atoms with Gasteiger partial charge in [-0.1, -0.05) is 18.2 Å². The number of carbonyl (C=O) groups is 1. The van der Waals surface area contributed by atoms with Gasteiger partial charge in [-0.25, -0.2) is 4.98 Å². The van der Waals surface area contributed by atoms with Crippen molar-refractivity contribution in [3.8, 4) is 6.07 Å². The van der Waals surface area contributed by atoms with E-state index in [1.165, 1.54) is 0 Å². The maximum absolute atomic E-state index is 10.8. The summed E-state index contributed by atoms with van der Waals surface area (Å²) in [7, 11) is 0. The molecule has 5 nitrogen and oxygen atoms in total. The van der Waals surface area contributed by atoms with Gasteiger partial charge in [0.1, 0.15) is 17.6 Å². The van der Waals surface area contributed by atoms with E-state index in [0.717, 1.165) is 0 Å². The van der Waals surface area contributed by atoms with Crippen LogP contribution in [0.4, 0.5) is 5.82 Å². The lowest BCUT2D eigenvalue weighted by atomic mass is 10.1. The van der Waals surface area contributed by atoms with Crippen LogP contribution in [0.3, 0.4) is 0 Å². The van der Waals surface area contributed by atoms with Crippen molar-refractivity contribution in [1.82, 2.24) is 4.98 Å². The van der Waals surface area contributed by atoms with Crippen molar-refractivity contribution in [3.63, 3.8) is 0 Å². The molecule has 0 radical (unpaired) electrons. The Labute approximate surface area is 98.4 Å². The highest BCUT2D eigenvalue weighted by atomic mass is 16.4. The number of hydrogen-bond acceptors (Lipinski definition) is 4. The Morgan fingerprint density at radius 3 is 3.00 bits per heavy atom. The second-order valence-electron chi connectivity index (χ2n) is 3.84. The van der Waals surface area contributed by atoms with E-state index in [2.05, 4.69) is 10.3 Å². The average Bonchev–Trinajstić information content (AvgIpc) is 2.78. The number of aromatic nitrogens is 1. The van der Waals surface area contributed by atoms with Crippen LogP contribution in [0.1, 0.15) is 12.1 Å². The monoisotopic (exact) mass is 229 g/mol. The molecule has 2 N–H and O–H groups in total. The topological polar surface area (TPSA) is 86.0 Å². The van der Waals surface area contributed by atoms with Gasteiger partial charge in [-0.3, -0.25) is 4.79 Å². The summed E-state index contributed by atoms with van der Waals surface area (Å²) in [5.41, 5.74) is 0.340. The number of rotatable bonds is 3. The molecule has 0 saturated heterocycles. The SMILES string of the molecule is N#Cc1cccc(NC2C=CC(C(=O)O)C2)n1. The molecule has 0 fully saturated rings. The van der Waals surface area contributed by atoms with Crippen LogP contribution in [0.25, 0.3) is 0 Å². The average molecular weight is 229 g/mol. The predicted octanol–water partition coefficient (Wildman–Crippen LogP) is 1.39. The molecule has 86 valence electrons. The van der Waals surface area contributed by atoms with Gasteiger partial charge in [0, 0.05) is 6.04 Å². The van der Waals surface area contributed by atoms with Crippen LogP contribution < -0.4 is 5.32 Å². The molecule has 2 atom stereocenters. The third kappa shape index (κ3) is 2.61. The second kappa shape index (κ2) is 4.66. The second-order valence-corrected chi connectivity index (χ2v) is 3.84. The molecule has 0 saturated carbocycles. The lowest BCUT2D eigenvalue weighted by Crippen LogP contribution is -2.19. The molecule has 5 heteroatoms. The molecule has 0 aliphatic heterocycles. The molecular formula is C12H11N3O2. The number of carboxylic acid groups (broad SMARTS) is 1. The van der Waals surface area contributed by atoms with Crippen molar-refractivity contribution < 1.29 is 9.90 Å². The number of nitrogens with one attached hydrogen (secondary N) is 1. The first kappa shape index (κ1) is 11.1. The Morgan fingerprint density at radius 2 is 2.35 bits per heavy atom. The number of hydrogen-bond donors (Lipinski definition) is 2. The van der Waals surface area contributed by atoms with Crippen LogP contribution in [0.15, 0.2) is 30.4 Å². The minimum absolute atomic E-state index is 0.0439. The number of anilines is 1. The molecule has 2 unspecified atom stereocenters. The minimum atomic E-state index is -0.815. The number of nitrogens with zero attached hydrogens (tertiary/aromatic N) is 2. The molecule has 1 aliphatic carbocycles. The molecule has 1 aromatic rings. The van der Waals surface area contributed by atoms with E-state index in [-0.39, 0.29) is 6.04 Å². The van der Waals surface area contributed by atoms with Crippen LogP contribution in [-0.4, -0.2) is 22.1 Å². The number of nitriles is 1. The Hall–Kier alpha value is -2.35. The van der Waals surface area contributed by atoms with Gasteiger partial charge in [-0.2, -0.15) is 5.26 Å². The van der Waals surface area contributed by atoms with Crippen molar-refractivity contribution >= 4 is 11.8 Å². The van der Waals surface area contributed by atoms with E-state index < -0.39 is 11.9 Å². The van der Waals surface area contributed by atoms with E-state index in [4.69, 9.17) is 10.4 Å². The van der Waals surface area contributed by atoms with Crippen LogP contribution >= 0.6 is 0 Å². The molecule has 1 aliphatic rings. The zero-order chi connectivity index (χ0) is 12.3. The summed E-state index contributed by atoms with van der Waals surface area (Å²) in [6.07, 6.45) is 4.00. The van der Waals surface area contributed by atoms with E-state index in [9.17, 15) is 4.79 Å². The quantitative estimate of drug-likeness (QED) is 0.765. The lowest BCUT2D eigenvalue weighted by Gasteiger charge is -2.12. The normalized spacial score (nSPS) is 22.1. The first-order valence-electron chi connectivity index (χ1n) is 5.24. The van der Waals surface area contributed by atoms with E-state index in [1.54, 1.807) is 24.3 Å². The fourth-order valence-electron chi connectivity index (χ4n) is 1.76. The summed E-state index contributed by atoms with van der Waals surface area (Å²) >= 11 is 0. The van der Waals surface area contributed by atoms with Gasteiger partial charge < -0.3 is 10.4 Å². The van der Waals surface area contributed by atoms with Crippen molar-refractivity contribution in [2.45, 2.75) is 12.5 Å². The highest BCUT2D eigenvalue weighted by Gasteiger charge is 2.24. The summed E-state index contributed by atoms with van der Waals surface area (Å²) in [6, 6.07) is 7.02. The van der Waals surface area contributed by atoms with Gasteiger partial charge in [-0.05, 0) is 18.6 Å². The summed E-state index contributed by atoms with van der Waals surface area (Å²) < 4.78 is 0. The van der Waals surface area contributed by atoms with Crippen molar-refractivity contribution in [2.24, 2.45) is 5.92 Å². The summed E-state index contributed by atoms with van der Waals surface area (Å²) in [5.74, 6) is -0.666. The molecule has 0 bridgehead atoms. The van der Waals surface area contributed by atoms with Gasteiger partial charge in [0.2, 0.25) is 0 Å². The molecule has 0 aromatic carbocycles. The Morgan fingerprint density at radius 1 is 1.53 bits per heavy atom. The lowest BCUT2D eigenvalue weighted by molar-refractivity contribution is -0.140. The van der Waals surface area contributed by atoms with Crippen LogP contribution in [0.2, 0.25) is 0 Å². The number of aliphatic carboxylic acids is 1. The zero-order valence-corrected chi connectivity index (χ0v) is 9.00. The first-order valence-corrected chi connectivity index (χ1v) is 5.24. The fourth-order valence-corrected chi connectivity index (χ4v) is 1.76.